The molecule has 0 radical (unpaired) electrons. The van der Waals surface area contributed by atoms with Crippen molar-refractivity contribution < 1.29 is 14.1 Å². The molecule has 0 amide bonds. The monoisotopic (exact) mass is 240 g/mol. The van der Waals surface area contributed by atoms with E-state index in [1.54, 1.807) is 13.8 Å². The summed E-state index contributed by atoms with van der Waals surface area (Å²) in [7, 11) is 0. The fourth-order valence-corrected chi connectivity index (χ4v) is 1.36. The molecule has 0 saturated heterocycles. The molecule has 0 spiro atoms. The SMILES string of the molecule is CCOC(=O)C(C)c1nc(CC(C)(C)C)no1. The van der Waals surface area contributed by atoms with Crippen molar-refractivity contribution >= 4 is 5.97 Å². The molecule has 0 aliphatic carbocycles. The van der Waals surface area contributed by atoms with Crippen molar-refractivity contribution in [1.29, 1.82) is 0 Å². The van der Waals surface area contributed by atoms with Crippen molar-refractivity contribution in [3.8, 4) is 0 Å². The molecule has 0 fully saturated rings. The van der Waals surface area contributed by atoms with Gasteiger partial charge in [-0.3, -0.25) is 4.79 Å². The highest BCUT2D eigenvalue weighted by molar-refractivity contribution is 5.76. The zero-order chi connectivity index (χ0) is 13.1. The lowest BCUT2D eigenvalue weighted by molar-refractivity contribution is -0.145. The minimum absolute atomic E-state index is 0.0916. The second kappa shape index (κ2) is 5.29. The first kappa shape index (κ1) is 13.7. The standard InChI is InChI=1S/C12H20N2O3/c1-6-16-11(15)8(2)10-13-9(14-17-10)7-12(3,4)5/h8H,6-7H2,1-5H3. The summed E-state index contributed by atoms with van der Waals surface area (Å²) in [6.45, 7) is 10.1. The molecule has 5 heteroatoms. The number of carbonyl (C=O) groups is 1. The van der Waals surface area contributed by atoms with Crippen LogP contribution in [-0.4, -0.2) is 22.7 Å². The molecule has 0 aliphatic rings. The zero-order valence-corrected chi connectivity index (χ0v) is 11.1. The van der Waals surface area contributed by atoms with Gasteiger partial charge in [0.1, 0.15) is 5.92 Å². The van der Waals surface area contributed by atoms with E-state index < -0.39 is 5.92 Å². The molecule has 1 unspecified atom stereocenters. The number of hydrogen-bond donors (Lipinski definition) is 0. The molecule has 0 aromatic carbocycles. The summed E-state index contributed by atoms with van der Waals surface area (Å²) in [4.78, 5) is 15.7. The average Bonchev–Trinajstić information content (AvgIpc) is 2.62. The Morgan fingerprint density at radius 3 is 2.65 bits per heavy atom. The van der Waals surface area contributed by atoms with Crippen molar-refractivity contribution in [2.45, 2.75) is 47.0 Å². The van der Waals surface area contributed by atoms with Gasteiger partial charge in [0.05, 0.1) is 6.61 Å². The largest absolute Gasteiger partial charge is 0.465 e. The fourth-order valence-electron chi connectivity index (χ4n) is 1.36. The van der Waals surface area contributed by atoms with Gasteiger partial charge in [0, 0.05) is 6.42 Å². The zero-order valence-electron chi connectivity index (χ0n) is 11.1. The summed E-state index contributed by atoms with van der Waals surface area (Å²) < 4.78 is 9.98. The lowest BCUT2D eigenvalue weighted by atomic mass is 9.92. The normalized spacial score (nSPS) is 13.5. The summed E-state index contributed by atoms with van der Waals surface area (Å²) in [5, 5.41) is 3.87. The lowest BCUT2D eigenvalue weighted by Crippen LogP contribution is -2.14. The topological polar surface area (TPSA) is 65.2 Å². The van der Waals surface area contributed by atoms with Crippen molar-refractivity contribution in [3.63, 3.8) is 0 Å². The fraction of sp³-hybridized carbons (Fsp3) is 0.750. The van der Waals surface area contributed by atoms with Crippen LogP contribution in [0.5, 0.6) is 0 Å². The number of esters is 1. The third-order valence-corrected chi connectivity index (χ3v) is 2.18. The third kappa shape index (κ3) is 4.17. The van der Waals surface area contributed by atoms with Crippen LogP contribution < -0.4 is 0 Å². The van der Waals surface area contributed by atoms with E-state index in [1.165, 1.54) is 0 Å². The van der Waals surface area contributed by atoms with Gasteiger partial charge in [-0.2, -0.15) is 4.98 Å². The van der Waals surface area contributed by atoms with E-state index in [9.17, 15) is 4.79 Å². The highest BCUT2D eigenvalue weighted by atomic mass is 16.5. The van der Waals surface area contributed by atoms with Crippen molar-refractivity contribution in [3.05, 3.63) is 11.7 Å². The van der Waals surface area contributed by atoms with E-state index in [-0.39, 0.29) is 11.4 Å². The maximum atomic E-state index is 11.5. The Morgan fingerprint density at radius 1 is 1.47 bits per heavy atom. The van der Waals surface area contributed by atoms with Gasteiger partial charge in [-0.1, -0.05) is 25.9 Å². The number of ether oxygens (including phenoxy) is 1. The van der Waals surface area contributed by atoms with E-state index in [4.69, 9.17) is 9.26 Å². The first-order chi connectivity index (χ1) is 7.83. The van der Waals surface area contributed by atoms with Crippen LogP contribution in [0.1, 0.15) is 52.3 Å². The predicted octanol–water partition coefficient (Wildman–Crippen LogP) is 2.32. The van der Waals surface area contributed by atoms with Gasteiger partial charge >= 0.3 is 5.97 Å². The molecule has 1 atom stereocenters. The molecule has 5 nitrogen and oxygen atoms in total. The number of rotatable bonds is 4. The predicted molar refractivity (Wildman–Crippen MR) is 62.5 cm³/mol. The van der Waals surface area contributed by atoms with Crippen LogP contribution in [0.3, 0.4) is 0 Å². The second-order valence-corrected chi connectivity index (χ2v) is 5.26. The van der Waals surface area contributed by atoms with E-state index in [0.29, 0.717) is 24.7 Å². The van der Waals surface area contributed by atoms with E-state index >= 15 is 0 Å². The van der Waals surface area contributed by atoms with Gasteiger partial charge in [0.25, 0.3) is 0 Å². The molecular formula is C12H20N2O3. The maximum absolute atomic E-state index is 11.5. The average molecular weight is 240 g/mol. The molecule has 1 aromatic rings. The Hall–Kier alpha value is -1.39. The molecule has 96 valence electrons. The van der Waals surface area contributed by atoms with Crippen LogP contribution in [0.25, 0.3) is 0 Å². The Kier molecular flexibility index (Phi) is 4.26. The van der Waals surface area contributed by atoms with Crippen LogP contribution >= 0.6 is 0 Å². The van der Waals surface area contributed by atoms with Crippen LogP contribution in [0.4, 0.5) is 0 Å². The van der Waals surface area contributed by atoms with Gasteiger partial charge in [-0.05, 0) is 19.3 Å². The first-order valence-electron chi connectivity index (χ1n) is 5.82. The molecule has 1 rings (SSSR count). The molecular weight excluding hydrogens is 220 g/mol. The molecule has 0 bridgehead atoms. The highest BCUT2D eigenvalue weighted by Crippen LogP contribution is 2.21. The molecule has 1 heterocycles. The molecule has 0 N–H and O–H groups in total. The van der Waals surface area contributed by atoms with Crippen LogP contribution in [-0.2, 0) is 16.0 Å². The van der Waals surface area contributed by atoms with Gasteiger partial charge in [0.2, 0.25) is 5.89 Å². The Morgan fingerprint density at radius 2 is 2.12 bits per heavy atom. The second-order valence-electron chi connectivity index (χ2n) is 5.26. The van der Waals surface area contributed by atoms with Crippen molar-refractivity contribution in [2.75, 3.05) is 6.61 Å². The highest BCUT2D eigenvalue weighted by Gasteiger charge is 2.24. The minimum atomic E-state index is -0.504. The van der Waals surface area contributed by atoms with Gasteiger partial charge in [-0.15, -0.1) is 0 Å². The van der Waals surface area contributed by atoms with E-state index in [1.807, 2.05) is 0 Å². The summed E-state index contributed by atoms with van der Waals surface area (Å²) >= 11 is 0. The summed E-state index contributed by atoms with van der Waals surface area (Å²) in [6.07, 6.45) is 0.714. The van der Waals surface area contributed by atoms with E-state index in [2.05, 4.69) is 30.9 Å². The smallest absolute Gasteiger partial charge is 0.318 e. The maximum Gasteiger partial charge on any atom is 0.318 e. The van der Waals surface area contributed by atoms with Gasteiger partial charge in [-0.25, -0.2) is 0 Å². The van der Waals surface area contributed by atoms with Crippen LogP contribution in [0.2, 0.25) is 0 Å². The number of aromatic nitrogens is 2. The van der Waals surface area contributed by atoms with Crippen LogP contribution in [0, 0.1) is 5.41 Å². The van der Waals surface area contributed by atoms with Crippen molar-refractivity contribution in [1.82, 2.24) is 10.1 Å². The van der Waals surface area contributed by atoms with Gasteiger partial charge in [0.15, 0.2) is 5.82 Å². The molecule has 0 saturated carbocycles. The molecule has 17 heavy (non-hydrogen) atoms. The molecule has 0 aliphatic heterocycles. The number of carbonyl (C=O) groups excluding carboxylic acids is 1. The summed E-state index contributed by atoms with van der Waals surface area (Å²) in [6, 6.07) is 0. The van der Waals surface area contributed by atoms with Crippen LogP contribution in [0.15, 0.2) is 4.52 Å². The molecule has 1 aromatic heterocycles. The number of hydrogen-bond acceptors (Lipinski definition) is 5. The first-order valence-corrected chi connectivity index (χ1v) is 5.82. The van der Waals surface area contributed by atoms with E-state index in [0.717, 1.165) is 0 Å². The Balaban J connectivity index is 2.71. The van der Waals surface area contributed by atoms with Gasteiger partial charge < -0.3 is 9.26 Å². The summed E-state index contributed by atoms with van der Waals surface area (Å²) in [5.74, 6) is 0.112. The Bertz CT molecular complexity index is 379. The Labute approximate surface area is 102 Å². The third-order valence-electron chi connectivity index (χ3n) is 2.18. The number of nitrogens with zero attached hydrogens (tertiary/aromatic N) is 2. The quantitative estimate of drug-likeness (QED) is 0.756. The lowest BCUT2D eigenvalue weighted by Gasteiger charge is -2.14. The van der Waals surface area contributed by atoms with Crippen molar-refractivity contribution in [2.24, 2.45) is 5.41 Å². The minimum Gasteiger partial charge on any atom is -0.465 e. The summed E-state index contributed by atoms with van der Waals surface area (Å²) in [5.41, 5.74) is 0.0916.